The second kappa shape index (κ2) is 9.08. The number of carbonyl (C=O) groups is 2. The molecule has 2 aliphatic carbocycles. The number of allylic oxidation sites excluding steroid dienone is 3. The van der Waals surface area contributed by atoms with Gasteiger partial charge >= 0.3 is 0 Å². The van der Waals surface area contributed by atoms with Crippen LogP contribution in [0.1, 0.15) is 41.5 Å². The van der Waals surface area contributed by atoms with Crippen molar-refractivity contribution in [3.8, 4) is 0 Å². The summed E-state index contributed by atoms with van der Waals surface area (Å²) in [6.07, 6.45) is 5.96. The van der Waals surface area contributed by atoms with Crippen LogP contribution in [0.25, 0.3) is 11.6 Å². The topological polar surface area (TPSA) is 87.7 Å². The van der Waals surface area contributed by atoms with Crippen molar-refractivity contribution in [1.82, 2.24) is 15.2 Å². The maximum Gasteiger partial charge on any atom is 0.226 e. The van der Waals surface area contributed by atoms with Gasteiger partial charge in [0.2, 0.25) is 11.9 Å². The minimum Gasteiger partial charge on any atom is -0.295 e. The number of ketones is 1. The summed E-state index contributed by atoms with van der Waals surface area (Å²) in [5.41, 5.74) is 7.46. The van der Waals surface area contributed by atoms with E-state index in [0.717, 1.165) is 50.7 Å². The average molecular weight is 524 g/mol. The number of anilines is 1. The van der Waals surface area contributed by atoms with Crippen LogP contribution in [0, 0.1) is 0 Å². The van der Waals surface area contributed by atoms with Crippen LogP contribution >= 0.6 is 27.5 Å². The lowest BCUT2D eigenvalue weighted by Crippen LogP contribution is -2.13. The lowest BCUT2D eigenvalue weighted by Gasteiger charge is -2.09. The molecule has 2 N–H and O–H groups in total. The van der Waals surface area contributed by atoms with Crippen LogP contribution in [0.3, 0.4) is 0 Å². The SMILES string of the molecule is O=C(CCCC(=O)C1=C(C2=Cc3cc(Cl)ccc3C2)Cc2cc(Br)ccc21)Nc1ncn[nH]1. The van der Waals surface area contributed by atoms with E-state index < -0.39 is 0 Å². The highest BCUT2D eigenvalue weighted by Crippen LogP contribution is 2.42. The van der Waals surface area contributed by atoms with E-state index in [0.29, 0.717) is 23.8 Å². The van der Waals surface area contributed by atoms with E-state index in [2.05, 4.69) is 54.6 Å². The number of fused-ring (bicyclic) bond motifs is 2. The Morgan fingerprint density at radius 3 is 2.79 bits per heavy atom. The molecule has 8 heteroatoms. The highest BCUT2D eigenvalue weighted by molar-refractivity contribution is 9.10. The van der Waals surface area contributed by atoms with E-state index in [4.69, 9.17) is 11.6 Å². The third-order valence-electron chi connectivity index (χ3n) is 5.97. The molecule has 0 spiro atoms. The van der Waals surface area contributed by atoms with E-state index in [-0.39, 0.29) is 18.1 Å². The summed E-state index contributed by atoms with van der Waals surface area (Å²) in [5.74, 6) is 0.170. The Labute approximate surface area is 204 Å². The molecule has 166 valence electrons. The molecule has 0 saturated carbocycles. The van der Waals surface area contributed by atoms with E-state index in [1.165, 1.54) is 11.9 Å². The highest BCUT2D eigenvalue weighted by atomic mass is 79.9. The Hall–Kier alpha value is -3.03. The van der Waals surface area contributed by atoms with Gasteiger partial charge in [-0.3, -0.25) is 14.9 Å². The van der Waals surface area contributed by atoms with Gasteiger partial charge in [0.15, 0.2) is 5.78 Å². The number of hydrogen-bond acceptors (Lipinski definition) is 4. The molecule has 0 saturated heterocycles. The number of nitrogens with one attached hydrogen (secondary N) is 2. The van der Waals surface area contributed by atoms with Crippen LogP contribution in [0.5, 0.6) is 0 Å². The lowest BCUT2D eigenvalue weighted by atomic mass is 9.94. The van der Waals surface area contributed by atoms with Crippen LogP contribution in [-0.4, -0.2) is 26.9 Å². The first kappa shape index (κ1) is 21.8. The molecule has 2 aromatic carbocycles. The highest BCUT2D eigenvalue weighted by Gasteiger charge is 2.30. The van der Waals surface area contributed by atoms with Crippen LogP contribution in [0.2, 0.25) is 5.02 Å². The number of carbonyl (C=O) groups excluding carboxylic acids is 2. The quantitative estimate of drug-likeness (QED) is 0.425. The number of halogens is 2. The van der Waals surface area contributed by atoms with Crippen LogP contribution < -0.4 is 5.32 Å². The van der Waals surface area contributed by atoms with Crippen molar-refractivity contribution in [3.63, 3.8) is 0 Å². The largest absolute Gasteiger partial charge is 0.295 e. The van der Waals surface area contributed by atoms with Crippen molar-refractivity contribution < 1.29 is 9.59 Å². The molecule has 1 aromatic heterocycles. The number of Topliss-reactive ketones (excluding diaryl/α,β-unsaturated/α-hetero) is 1. The van der Waals surface area contributed by atoms with Gasteiger partial charge in [-0.05, 0) is 76.9 Å². The molecule has 1 heterocycles. The number of H-pyrrole nitrogens is 1. The smallest absolute Gasteiger partial charge is 0.226 e. The zero-order chi connectivity index (χ0) is 22.9. The van der Waals surface area contributed by atoms with E-state index >= 15 is 0 Å². The van der Waals surface area contributed by atoms with Gasteiger partial charge in [-0.1, -0.05) is 45.7 Å². The van der Waals surface area contributed by atoms with Crippen molar-refractivity contribution in [2.45, 2.75) is 32.1 Å². The van der Waals surface area contributed by atoms with Gasteiger partial charge in [0.25, 0.3) is 0 Å². The second-order valence-corrected chi connectivity index (χ2v) is 9.53. The fourth-order valence-corrected chi connectivity index (χ4v) is 5.07. The number of aromatic nitrogens is 3. The normalized spacial score (nSPS) is 14.2. The summed E-state index contributed by atoms with van der Waals surface area (Å²) in [4.78, 5) is 29.4. The Kier molecular flexibility index (Phi) is 6.00. The molecular formula is C25H20BrClN4O2. The fraction of sp³-hybridized carbons (Fsp3) is 0.200. The van der Waals surface area contributed by atoms with Crippen molar-refractivity contribution in [2.24, 2.45) is 0 Å². The molecule has 1 amide bonds. The van der Waals surface area contributed by atoms with E-state index in [1.807, 2.05) is 24.3 Å². The summed E-state index contributed by atoms with van der Waals surface area (Å²) in [6, 6.07) is 12.0. The maximum atomic E-state index is 13.4. The number of aromatic amines is 1. The van der Waals surface area contributed by atoms with Gasteiger partial charge in [0, 0.05) is 27.9 Å². The van der Waals surface area contributed by atoms with Crippen molar-refractivity contribution >= 4 is 56.8 Å². The van der Waals surface area contributed by atoms with Gasteiger partial charge in [0.05, 0.1) is 0 Å². The predicted octanol–water partition coefficient (Wildman–Crippen LogP) is 5.55. The zero-order valence-corrected chi connectivity index (χ0v) is 20.0. The number of benzene rings is 2. The zero-order valence-electron chi connectivity index (χ0n) is 17.6. The third-order valence-corrected chi connectivity index (χ3v) is 6.70. The molecule has 0 radical (unpaired) electrons. The molecule has 0 bridgehead atoms. The number of hydrogen-bond donors (Lipinski definition) is 2. The minimum atomic E-state index is -0.199. The Bertz CT molecular complexity index is 1330. The molecular weight excluding hydrogens is 504 g/mol. The molecule has 6 nitrogen and oxygen atoms in total. The maximum absolute atomic E-state index is 13.4. The molecule has 3 aromatic rings. The molecule has 5 rings (SSSR count). The van der Waals surface area contributed by atoms with Gasteiger partial charge in [-0.15, -0.1) is 0 Å². The predicted molar refractivity (Wildman–Crippen MR) is 132 cm³/mol. The van der Waals surface area contributed by atoms with Gasteiger partial charge < -0.3 is 0 Å². The fourth-order valence-electron chi connectivity index (χ4n) is 4.48. The monoisotopic (exact) mass is 522 g/mol. The van der Waals surface area contributed by atoms with Crippen LogP contribution in [0.4, 0.5) is 5.95 Å². The standard InChI is InChI=1S/C25H20BrClN4O2/c26-18-5-7-20-17(10-18)12-21(16-8-14-4-6-19(27)11-15(14)9-16)24(20)22(32)2-1-3-23(33)30-25-28-13-29-31-25/h4-7,9-11,13H,1-3,8,12H2,(H2,28,29,30,31,33). The molecule has 2 aliphatic rings. The summed E-state index contributed by atoms with van der Waals surface area (Å²) < 4.78 is 0.994. The van der Waals surface area contributed by atoms with E-state index in [9.17, 15) is 9.59 Å². The number of nitrogens with zero attached hydrogens (tertiary/aromatic N) is 2. The first-order valence-corrected chi connectivity index (χ1v) is 11.8. The Balaban J connectivity index is 1.36. The Morgan fingerprint density at radius 2 is 1.97 bits per heavy atom. The van der Waals surface area contributed by atoms with Crippen molar-refractivity contribution in [1.29, 1.82) is 0 Å². The molecule has 0 fully saturated rings. The summed E-state index contributed by atoms with van der Waals surface area (Å²) in [5, 5.41) is 9.64. The van der Waals surface area contributed by atoms with Crippen LogP contribution in [-0.2, 0) is 22.4 Å². The van der Waals surface area contributed by atoms with Crippen molar-refractivity contribution in [3.05, 3.63) is 85.6 Å². The second-order valence-electron chi connectivity index (χ2n) is 8.18. The molecule has 0 atom stereocenters. The first-order chi connectivity index (χ1) is 16.0. The molecule has 33 heavy (non-hydrogen) atoms. The number of amides is 1. The van der Waals surface area contributed by atoms with Gasteiger partial charge in [-0.2, -0.15) is 10.1 Å². The van der Waals surface area contributed by atoms with Gasteiger partial charge in [-0.25, -0.2) is 5.10 Å². The van der Waals surface area contributed by atoms with Crippen molar-refractivity contribution in [2.75, 3.05) is 5.32 Å². The van der Waals surface area contributed by atoms with Gasteiger partial charge in [0.1, 0.15) is 6.33 Å². The van der Waals surface area contributed by atoms with Crippen LogP contribution in [0.15, 0.2) is 58.3 Å². The first-order valence-electron chi connectivity index (χ1n) is 10.7. The summed E-state index contributed by atoms with van der Waals surface area (Å²) in [7, 11) is 0. The lowest BCUT2D eigenvalue weighted by molar-refractivity contribution is -0.116. The minimum absolute atomic E-state index is 0.0634. The third kappa shape index (κ3) is 4.56. The summed E-state index contributed by atoms with van der Waals surface area (Å²) in [6.45, 7) is 0. The summed E-state index contributed by atoms with van der Waals surface area (Å²) >= 11 is 9.73. The molecule has 0 aliphatic heterocycles. The number of rotatable bonds is 7. The van der Waals surface area contributed by atoms with E-state index in [1.54, 1.807) is 0 Å². The molecule has 0 unspecified atom stereocenters. The Morgan fingerprint density at radius 1 is 1.09 bits per heavy atom. The average Bonchev–Trinajstić information content (AvgIpc) is 3.50.